The van der Waals surface area contributed by atoms with E-state index in [4.69, 9.17) is 14.3 Å². The molecular formula is C16H22N2O7S. The summed E-state index contributed by atoms with van der Waals surface area (Å²) < 4.78 is 36.1. The summed E-state index contributed by atoms with van der Waals surface area (Å²) in [6.45, 7) is 1.39. The Balaban J connectivity index is 2.17. The predicted octanol–water partition coefficient (Wildman–Crippen LogP) is 0.548. The molecule has 1 aliphatic rings. The van der Waals surface area contributed by atoms with Gasteiger partial charge in [0, 0.05) is 32.7 Å². The van der Waals surface area contributed by atoms with Crippen LogP contribution in [-0.2, 0) is 29.1 Å². The van der Waals surface area contributed by atoms with Gasteiger partial charge in [0.25, 0.3) is 0 Å². The molecule has 0 bridgehead atoms. The van der Waals surface area contributed by atoms with Crippen molar-refractivity contribution < 1.29 is 32.6 Å². The van der Waals surface area contributed by atoms with Gasteiger partial charge in [-0.2, -0.15) is 4.31 Å². The van der Waals surface area contributed by atoms with Gasteiger partial charge in [0.05, 0.1) is 24.7 Å². The van der Waals surface area contributed by atoms with Crippen molar-refractivity contribution in [3.8, 4) is 0 Å². The van der Waals surface area contributed by atoms with E-state index in [1.54, 1.807) is 0 Å². The number of likely N-dealkylation sites (N-methyl/N-ethyl adjacent to an activating group) is 1. The first kappa shape index (κ1) is 20.3. The number of nitrogens with zero attached hydrogens (tertiary/aromatic N) is 2. The summed E-state index contributed by atoms with van der Waals surface area (Å²) in [7, 11) is -0.745. The molecule has 0 aromatic heterocycles. The summed E-state index contributed by atoms with van der Waals surface area (Å²) >= 11 is 0. The molecule has 10 heteroatoms. The molecule has 1 atom stereocenters. The Labute approximate surface area is 152 Å². The summed E-state index contributed by atoms with van der Waals surface area (Å²) in [4.78, 5) is 16.7. The van der Waals surface area contributed by atoms with Crippen LogP contribution in [0, 0.1) is 0 Å². The van der Waals surface area contributed by atoms with Crippen molar-refractivity contribution in [3.63, 3.8) is 0 Å². The van der Waals surface area contributed by atoms with Crippen molar-refractivity contribution >= 4 is 21.7 Å². The van der Waals surface area contributed by atoms with Gasteiger partial charge >= 0.3 is 5.97 Å². The third-order valence-corrected chi connectivity index (χ3v) is 5.70. The lowest BCUT2D eigenvalue weighted by Crippen LogP contribution is -2.30. The van der Waals surface area contributed by atoms with E-state index >= 15 is 0 Å². The van der Waals surface area contributed by atoms with Gasteiger partial charge in [-0.15, -0.1) is 0 Å². The number of carbonyl (C=O) groups is 1. The molecule has 1 heterocycles. The normalized spacial score (nSPS) is 18.3. The fourth-order valence-corrected chi connectivity index (χ4v) is 3.40. The van der Waals surface area contributed by atoms with Gasteiger partial charge in [0.2, 0.25) is 10.0 Å². The minimum Gasteiger partial charge on any atom is -0.476 e. The molecule has 1 fully saturated rings. The monoisotopic (exact) mass is 386 g/mol. The van der Waals surface area contributed by atoms with E-state index in [2.05, 4.69) is 5.16 Å². The Hall–Kier alpha value is -2.01. The van der Waals surface area contributed by atoms with E-state index in [0.717, 1.165) is 0 Å². The van der Waals surface area contributed by atoms with Crippen LogP contribution < -0.4 is 0 Å². The first-order chi connectivity index (χ1) is 12.4. The average molecular weight is 386 g/mol. The lowest BCUT2D eigenvalue weighted by Gasteiger charge is -2.16. The molecule has 9 nitrogen and oxygen atoms in total. The number of benzene rings is 1. The van der Waals surface area contributed by atoms with Crippen LogP contribution in [0.3, 0.4) is 0 Å². The predicted molar refractivity (Wildman–Crippen MR) is 92.6 cm³/mol. The van der Waals surface area contributed by atoms with Gasteiger partial charge in [-0.3, -0.25) is 0 Å². The highest BCUT2D eigenvalue weighted by molar-refractivity contribution is 7.89. The van der Waals surface area contributed by atoms with Crippen molar-refractivity contribution in [3.05, 3.63) is 29.8 Å². The zero-order chi connectivity index (χ0) is 19.2. The van der Waals surface area contributed by atoms with Crippen molar-refractivity contribution in [2.24, 2.45) is 5.16 Å². The zero-order valence-corrected chi connectivity index (χ0v) is 15.4. The number of sulfonamides is 1. The highest BCUT2D eigenvalue weighted by Gasteiger charge is 2.22. The average Bonchev–Trinajstić information content (AvgIpc) is 3.13. The number of rotatable bonds is 9. The van der Waals surface area contributed by atoms with Crippen LogP contribution in [0.15, 0.2) is 34.3 Å². The van der Waals surface area contributed by atoms with Gasteiger partial charge in [0.15, 0.2) is 11.8 Å². The van der Waals surface area contributed by atoms with Gasteiger partial charge < -0.3 is 19.4 Å². The van der Waals surface area contributed by atoms with Crippen LogP contribution in [0.4, 0.5) is 0 Å². The molecule has 0 radical (unpaired) electrons. The van der Waals surface area contributed by atoms with Crippen molar-refractivity contribution in [2.45, 2.75) is 17.4 Å². The molecule has 1 aromatic carbocycles. The summed E-state index contributed by atoms with van der Waals surface area (Å²) in [5, 5.41) is 13.0. The van der Waals surface area contributed by atoms with Crippen LogP contribution in [0.5, 0.6) is 0 Å². The molecular weight excluding hydrogens is 364 g/mol. The Kier molecular flexibility index (Phi) is 7.09. The first-order valence-electron chi connectivity index (χ1n) is 7.97. The maximum absolute atomic E-state index is 12.4. The second-order valence-corrected chi connectivity index (χ2v) is 7.72. The molecule has 144 valence electrons. The largest absolute Gasteiger partial charge is 0.476 e. The quantitative estimate of drug-likeness (QED) is 0.487. The Morgan fingerprint density at radius 2 is 2.08 bits per heavy atom. The number of carboxylic acids is 1. The van der Waals surface area contributed by atoms with E-state index in [-0.39, 0.29) is 35.4 Å². The fraction of sp³-hybridized carbons (Fsp3) is 0.500. The maximum atomic E-state index is 12.4. The molecule has 0 aliphatic carbocycles. The fourth-order valence-electron chi connectivity index (χ4n) is 2.24. The smallest absolute Gasteiger partial charge is 0.358 e. The third kappa shape index (κ3) is 5.01. The standard InChI is InChI=1S/C16H22N2O7S/c1-18(8-10-23-2)26(21,22)14-5-3-12(4-6-14)15(16(19)20)17-25-13-7-9-24-11-13/h3-6,13H,7-11H2,1-2H3,(H,19,20)/t13-/m1/s1. The van der Waals surface area contributed by atoms with E-state index in [9.17, 15) is 18.3 Å². The third-order valence-electron chi connectivity index (χ3n) is 3.83. The zero-order valence-electron chi connectivity index (χ0n) is 14.6. The first-order valence-corrected chi connectivity index (χ1v) is 9.41. The van der Waals surface area contributed by atoms with Gasteiger partial charge in [0.1, 0.15) is 0 Å². The number of methoxy groups -OCH3 is 1. The van der Waals surface area contributed by atoms with Gasteiger partial charge in [-0.1, -0.05) is 17.3 Å². The molecule has 0 spiro atoms. The number of ether oxygens (including phenoxy) is 2. The van der Waals surface area contributed by atoms with Crippen LogP contribution in [0.1, 0.15) is 12.0 Å². The number of hydrogen-bond donors (Lipinski definition) is 1. The van der Waals surface area contributed by atoms with Gasteiger partial charge in [-0.25, -0.2) is 13.2 Å². The second kappa shape index (κ2) is 9.08. The highest BCUT2D eigenvalue weighted by atomic mass is 32.2. The van der Waals surface area contributed by atoms with Crippen molar-refractivity contribution in [2.75, 3.05) is 40.5 Å². The molecule has 0 amide bonds. The number of carboxylic acid groups (broad SMARTS) is 1. The second-order valence-electron chi connectivity index (χ2n) is 5.68. The summed E-state index contributed by atoms with van der Waals surface area (Å²) in [5.41, 5.74) is -0.0523. The van der Waals surface area contributed by atoms with E-state index < -0.39 is 16.0 Å². The van der Waals surface area contributed by atoms with E-state index in [1.165, 1.54) is 42.7 Å². The van der Waals surface area contributed by atoms with Crippen LogP contribution >= 0.6 is 0 Å². The lowest BCUT2D eigenvalue weighted by atomic mass is 10.1. The van der Waals surface area contributed by atoms with Crippen molar-refractivity contribution in [1.29, 1.82) is 0 Å². The molecule has 2 rings (SSSR count). The molecule has 0 unspecified atom stereocenters. The van der Waals surface area contributed by atoms with E-state index in [1.807, 2.05) is 0 Å². The van der Waals surface area contributed by atoms with Crippen molar-refractivity contribution in [1.82, 2.24) is 4.31 Å². The lowest BCUT2D eigenvalue weighted by molar-refractivity contribution is -0.129. The minimum atomic E-state index is -3.68. The molecule has 1 aromatic rings. The maximum Gasteiger partial charge on any atom is 0.358 e. The Morgan fingerprint density at radius 3 is 2.62 bits per heavy atom. The molecule has 1 aliphatic heterocycles. The number of aliphatic carboxylic acids is 1. The van der Waals surface area contributed by atoms with E-state index in [0.29, 0.717) is 19.6 Å². The van der Waals surface area contributed by atoms with Crippen LogP contribution in [-0.4, -0.2) is 76.1 Å². The molecule has 1 saturated heterocycles. The topological polar surface area (TPSA) is 115 Å². The molecule has 0 saturated carbocycles. The number of oxime groups is 1. The SMILES string of the molecule is COCCN(C)S(=O)(=O)c1ccc(C(=NO[C@@H]2CCOC2)C(=O)O)cc1. The molecule has 1 N–H and O–H groups in total. The molecule has 26 heavy (non-hydrogen) atoms. The minimum absolute atomic E-state index is 0.0507. The Morgan fingerprint density at radius 1 is 1.38 bits per heavy atom. The Bertz CT molecular complexity index is 740. The summed E-state index contributed by atoms with van der Waals surface area (Å²) in [6.07, 6.45) is 0.361. The van der Waals surface area contributed by atoms with Crippen LogP contribution in [0.2, 0.25) is 0 Å². The number of hydrogen-bond acceptors (Lipinski definition) is 7. The van der Waals surface area contributed by atoms with Gasteiger partial charge in [-0.05, 0) is 12.1 Å². The summed E-state index contributed by atoms with van der Waals surface area (Å²) in [5.74, 6) is -1.27. The highest BCUT2D eigenvalue weighted by Crippen LogP contribution is 2.16. The van der Waals surface area contributed by atoms with Crippen LogP contribution in [0.25, 0.3) is 0 Å². The summed E-state index contributed by atoms with van der Waals surface area (Å²) in [6, 6.07) is 5.45.